The van der Waals surface area contributed by atoms with E-state index in [9.17, 15) is 0 Å². The fraction of sp³-hybridized carbons (Fsp3) is 0.538. The molecule has 0 aliphatic carbocycles. The first-order valence-corrected chi connectivity index (χ1v) is 5.90. The molecular weight excluding hydrogens is 198 g/mol. The number of hydrogen-bond acceptors (Lipinski definition) is 3. The van der Waals surface area contributed by atoms with Gasteiger partial charge in [0.15, 0.2) is 0 Å². The molecule has 0 radical (unpaired) electrons. The molecule has 1 aromatic rings. The molecule has 16 heavy (non-hydrogen) atoms. The lowest BCUT2D eigenvalue weighted by atomic mass is 10.2. The highest BCUT2D eigenvalue weighted by Gasteiger charge is 2.23. The van der Waals surface area contributed by atoms with Gasteiger partial charge in [-0.3, -0.25) is 0 Å². The topological polar surface area (TPSA) is 18.5 Å². The van der Waals surface area contributed by atoms with E-state index in [1.807, 2.05) is 7.05 Å². The number of likely N-dealkylation sites (tertiary alicyclic amines) is 1. The molecule has 0 bridgehead atoms. The third-order valence-electron chi connectivity index (χ3n) is 3.46. The monoisotopic (exact) mass is 219 g/mol. The molecule has 1 atom stereocenters. The molecular formula is C13H21N3. The summed E-state index contributed by atoms with van der Waals surface area (Å²) in [7, 11) is 6.35. The van der Waals surface area contributed by atoms with Gasteiger partial charge in [-0.2, -0.15) is 0 Å². The van der Waals surface area contributed by atoms with Crippen LogP contribution >= 0.6 is 0 Å². The second kappa shape index (κ2) is 4.74. The van der Waals surface area contributed by atoms with Crippen LogP contribution in [0.5, 0.6) is 0 Å². The number of nitrogens with zero attached hydrogens (tertiary/aromatic N) is 2. The molecule has 1 N–H and O–H groups in total. The summed E-state index contributed by atoms with van der Waals surface area (Å²) in [4.78, 5) is 4.79. The van der Waals surface area contributed by atoms with Gasteiger partial charge in [0.2, 0.25) is 0 Å². The molecule has 0 aromatic heterocycles. The minimum Gasteiger partial charge on any atom is -0.388 e. The third-order valence-corrected chi connectivity index (χ3v) is 3.46. The molecule has 1 aliphatic heterocycles. The Balaban J connectivity index is 2.10. The van der Waals surface area contributed by atoms with E-state index >= 15 is 0 Å². The van der Waals surface area contributed by atoms with E-state index in [1.54, 1.807) is 0 Å². The van der Waals surface area contributed by atoms with Gasteiger partial charge >= 0.3 is 0 Å². The highest BCUT2D eigenvalue weighted by molar-refractivity contribution is 5.58. The van der Waals surface area contributed by atoms with Crippen LogP contribution in [-0.4, -0.2) is 45.2 Å². The summed E-state index contributed by atoms with van der Waals surface area (Å²) >= 11 is 0. The lowest BCUT2D eigenvalue weighted by Crippen LogP contribution is -2.33. The second-order valence-corrected chi connectivity index (χ2v) is 4.62. The standard InChI is InChI=1S/C13H21N3/c1-14-11-5-4-6-12(9-11)16(3)13-7-8-15(2)10-13/h4-6,9,13-14H,7-8,10H2,1-3H3. The van der Waals surface area contributed by atoms with Crippen molar-refractivity contribution >= 4 is 11.4 Å². The van der Waals surface area contributed by atoms with Crippen LogP contribution in [0.2, 0.25) is 0 Å². The van der Waals surface area contributed by atoms with Crippen molar-refractivity contribution < 1.29 is 0 Å². The number of likely N-dealkylation sites (N-methyl/N-ethyl adjacent to an activating group) is 2. The van der Waals surface area contributed by atoms with Gasteiger partial charge in [-0.25, -0.2) is 0 Å². The van der Waals surface area contributed by atoms with Crippen molar-refractivity contribution in [3.63, 3.8) is 0 Å². The highest BCUT2D eigenvalue weighted by atomic mass is 15.2. The van der Waals surface area contributed by atoms with Crippen LogP contribution in [0.25, 0.3) is 0 Å². The Kier molecular flexibility index (Phi) is 3.34. The Hall–Kier alpha value is -1.22. The zero-order valence-electron chi connectivity index (χ0n) is 10.4. The summed E-state index contributed by atoms with van der Waals surface area (Å²) in [6.07, 6.45) is 1.26. The molecule has 1 aliphatic rings. The van der Waals surface area contributed by atoms with Crippen LogP contribution in [-0.2, 0) is 0 Å². The summed E-state index contributed by atoms with van der Waals surface area (Å²) < 4.78 is 0. The Morgan fingerprint density at radius 1 is 1.44 bits per heavy atom. The molecule has 1 aromatic carbocycles. The summed E-state index contributed by atoms with van der Waals surface area (Å²) in [6, 6.07) is 9.24. The van der Waals surface area contributed by atoms with E-state index in [4.69, 9.17) is 0 Å². The largest absolute Gasteiger partial charge is 0.388 e. The molecule has 1 fully saturated rings. The average Bonchev–Trinajstić information content (AvgIpc) is 2.75. The van der Waals surface area contributed by atoms with Crippen LogP contribution in [0.1, 0.15) is 6.42 Å². The quantitative estimate of drug-likeness (QED) is 0.837. The first-order valence-electron chi connectivity index (χ1n) is 5.90. The van der Waals surface area contributed by atoms with E-state index in [1.165, 1.54) is 30.9 Å². The summed E-state index contributed by atoms with van der Waals surface area (Å²) in [6.45, 7) is 2.38. The number of benzene rings is 1. The Morgan fingerprint density at radius 2 is 2.25 bits per heavy atom. The van der Waals surface area contributed by atoms with Crippen molar-refractivity contribution in [2.24, 2.45) is 0 Å². The van der Waals surface area contributed by atoms with Crippen molar-refractivity contribution in [1.82, 2.24) is 4.90 Å². The van der Waals surface area contributed by atoms with E-state index in [0.717, 1.165) is 0 Å². The summed E-state index contributed by atoms with van der Waals surface area (Å²) in [5.41, 5.74) is 2.47. The minimum absolute atomic E-state index is 0.650. The van der Waals surface area contributed by atoms with E-state index in [-0.39, 0.29) is 0 Å². The van der Waals surface area contributed by atoms with Crippen molar-refractivity contribution in [1.29, 1.82) is 0 Å². The van der Waals surface area contributed by atoms with Crippen LogP contribution in [0, 0.1) is 0 Å². The van der Waals surface area contributed by atoms with Crippen LogP contribution in [0.15, 0.2) is 24.3 Å². The van der Waals surface area contributed by atoms with Crippen molar-refractivity contribution in [2.75, 3.05) is 44.4 Å². The molecule has 88 valence electrons. The van der Waals surface area contributed by atoms with E-state index in [0.29, 0.717) is 6.04 Å². The lowest BCUT2D eigenvalue weighted by Gasteiger charge is -2.27. The third kappa shape index (κ3) is 2.30. The van der Waals surface area contributed by atoms with Crippen molar-refractivity contribution in [3.05, 3.63) is 24.3 Å². The molecule has 3 heteroatoms. The number of nitrogens with one attached hydrogen (secondary N) is 1. The zero-order chi connectivity index (χ0) is 11.5. The Bertz CT molecular complexity index is 351. The lowest BCUT2D eigenvalue weighted by molar-refractivity contribution is 0.409. The zero-order valence-corrected chi connectivity index (χ0v) is 10.4. The highest BCUT2D eigenvalue weighted by Crippen LogP contribution is 2.23. The summed E-state index contributed by atoms with van der Waals surface area (Å²) in [5, 5.41) is 3.18. The maximum atomic E-state index is 3.18. The van der Waals surface area contributed by atoms with Crippen molar-refractivity contribution in [3.8, 4) is 0 Å². The maximum Gasteiger partial charge on any atom is 0.0425 e. The minimum atomic E-state index is 0.650. The van der Waals surface area contributed by atoms with Gasteiger partial charge in [0, 0.05) is 38.1 Å². The molecule has 0 saturated carbocycles. The maximum absolute atomic E-state index is 3.18. The van der Waals surface area contributed by atoms with Gasteiger partial charge in [-0.05, 0) is 38.2 Å². The first kappa shape index (κ1) is 11.3. The Morgan fingerprint density at radius 3 is 2.88 bits per heavy atom. The predicted octanol–water partition coefficient (Wildman–Crippen LogP) is 1.87. The predicted molar refractivity (Wildman–Crippen MR) is 70.3 cm³/mol. The van der Waals surface area contributed by atoms with Gasteiger partial charge in [0.05, 0.1) is 0 Å². The first-order chi connectivity index (χ1) is 7.70. The number of rotatable bonds is 3. The van der Waals surface area contributed by atoms with Gasteiger partial charge in [-0.1, -0.05) is 6.07 Å². The normalized spacial score (nSPS) is 21.1. The molecule has 3 nitrogen and oxygen atoms in total. The average molecular weight is 219 g/mol. The van der Waals surface area contributed by atoms with Gasteiger partial charge in [0.25, 0.3) is 0 Å². The molecule has 1 saturated heterocycles. The van der Waals surface area contributed by atoms with Crippen LogP contribution in [0.3, 0.4) is 0 Å². The van der Waals surface area contributed by atoms with Crippen LogP contribution < -0.4 is 10.2 Å². The van der Waals surface area contributed by atoms with Crippen molar-refractivity contribution in [2.45, 2.75) is 12.5 Å². The smallest absolute Gasteiger partial charge is 0.0425 e. The summed E-state index contributed by atoms with van der Waals surface area (Å²) in [5.74, 6) is 0. The van der Waals surface area contributed by atoms with Gasteiger partial charge in [-0.15, -0.1) is 0 Å². The molecule has 1 unspecified atom stereocenters. The number of hydrogen-bond donors (Lipinski definition) is 1. The van der Waals surface area contributed by atoms with Crippen LogP contribution in [0.4, 0.5) is 11.4 Å². The van der Waals surface area contributed by atoms with E-state index < -0.39 is 0 Å². The number of anilines is 2. The Labute approximate surface area is 98.0 Å². The molecule has 2 rings (SSSR count). The fourth-order valence-corrected chi connectivity index (χ4v) is 2.32. The molecule has 1 heterocycles. The molecule has 0 spiro atoms. The fourth-order valence-electron chi connectivity index (χ4n) is 2.32. The van der Waals surface area contributed by atoms with Gasteiger partial charge in [0.1, 0.15) is 0 Å². The second-order valence-electron chi connectivity index (χ2n) is 4.62. The SMILES string of the molecule is CNc1cccc(N(C)C2CCN(C)C2)c1. The van der Waals surface area contributed by atoms with E-state index in [2.05, 4.69) is 53.5 Å². The molecule has 0 amide bonds. The van der Waals surface area contributed by atoms with Gasteiger partial charge < -0.3 is 15.1 Å².